The molecule has 0 spiro atoms. The first-order valence-corrected chi connectivity index (χ1v) is 6.73. The zero-order chi connectivity index (χ0) is 14.8. The van der Waals surface area contributed by atoms with E-state index in [1.165, 1.54) is 12.3 Å². The summed E-state index contributed by atoms with van der Waals surface area (Å²) < 4.78 is 0. The fraction of sp³-hybridized carbons (Fsp3) is 0.0625. The second-order valence-electron chi connectivity index (χ2n) is 4.65. The summed E-state index contributed by atoms with van der Waals surface area (Å²) >= 11 is 6.20. The highest BCUT2D eigenvalue weighted by atomic mass is 35.5. The number of carbonyl (C=O) groups is 1. The molecule has 5 heteroatoms. The molecule has 4 nitrogen and oxygen atoms in total. The van der Waals surface area contributed by atoms with Crippen LogP contribution in [0.15, 0.2) is 48.7 Å². The third-order valence-electron chi connectivity index (χ3n) is 3.19. The first-order chi connectivity index (χ1) is 10.1. The molecular formula is C16H11ClN2O2. The number of aromatic carboxylic acids is 1. The van der Waals surface area contributed by atoms with Crippen LogP contribution in [0.1, 0.15) is 21.6 Å². The van der Waals surface area contributed by atoms with E-state index in [1.807, 2.05) is 30.3 Å². The molecule has 104 valence electrons. The number of hydrogen-bond acceptors (Lipinski definition) is 3. The Balaban J connectivity index is 1.99. The van der Waals surface area contributed by atoms with E-state index >= 15 is 0 Å². The van der Waals surface area contributed by atoms with E-state index in [1.54, 1.807) is 6.07 Å². The molecule has 1 N–H and O–H groups in total. The van der Waals surface area contributed by atoms with Gasteiger partial charge < -0.3 is 5.11 Å². The molecular weight excluding hydrogens is 288 g/mol. The fourth-order valence-corrected chi connectivity index (χ4v) is 2.38. The minimum atomic E-state index is -0.971. The highest BCUT2D eigenvalue weighted by Crippen LogP contribution is 2.22. The number of aromatic nitrogens is 2. The van der Waals surface area contributed by atoms with Gasteiger partial charge in [0.1, 0.15) is 5.15 Å². The Kier molecular flexibility index (Phi) is 3.54. The van der Waals surface area contributed by atoms with Crippen LogP contribution in [0.3, 0.4) is 0 Å². The number of carboxylic acid groups (broad SMARTS) is 1. The van der Waals surface area contributed by atoms with Crippen LogP contribution >= 0.6 is 11.6 Å². The average molecular weight is 299 g/mol. The minimum Gasteiger partial charge on any atom is -0.478 e. The first kappa shape index (κ1) is 13.5. The molecule has 0 amide bonds. The Morgan fingerprint density at radius 1 is 1.19 bits per heavy atom. The molecule has 2 aromatic heterocycles. The van der Waals surface area contributed by atoms with Crippen LogP contribution in [0, 0.1) is 0 Å². The van der Waals surface area contributed by atoms with Crippen molar-refractivity contribution < 1.29 is 9.90 Å². The van der Waals surface area contributed by atoms with Gasteiger partial charge in [0.2, 0.25) is 0 Å². The lowest BCUT2D eigenvalue weighted by atomic mass is 10.1. The molecule has 0 aliphatic heterocycles. The van der Waals surface area contributed by atoms with Gasteiger partial charge in [-0.25, -0.2) is 9.78 Å². The molecule has 0 aliphatic rings. The van der Waals surface area contributed by atoms with Crippen molar-refractivity contribution in [3.05, 3.63) is 70.6 Å². The monoisotopic (exact) mass is 298 g/mol. The average Bonchev–Trinajstić information content (AvgIpc) is 2.48. The maximum Gasteiger partial charge on any atom is 0.335 e. The molecule has 2 heterocycles. The van der Waals surface area contributed by atoms with Gasteiger partial charge in [-0.2, -0.15) is 0 Å². The van der Waals surface area contributed by atoms with Gasteiger partial charge in [-0.3, -0.25) is 4.98 Å². The van der Waals surface area contributed by atoms with Crippen LogP contribution in [-0.2, 0) is 6.42 Å². The van der Waals surface area contributed by atoms with Gasteiger partial charge in [-0.15, -0.1) is 0 Å². The van der Waals surface area contributed by atoms with Gasteiger partial charge in [0, 0.05) is 23.7 Å². The molecule has 3 aromatic rings. The molecule has 0 aliphatic carbocycles. The van der Waals surface area contributed by atoms with Crippen molar-refractivity contribution >= 4 is 28.5 Å². The molecule has 0 fully saturated rings. The van der Waals surface area contributed by atoms with E-state index in [9.17, 15) is 4.79 Å². The number of pyridine rings is 2. The molecule has 1 aromatic carbocycles. The summed E-state index contributed by atoms with van der Waals surface area (Å²) in [6, 6.07) is 12.7. The van der Waals surface area contributed by atoms with Crippen molar-refractivity contribution in [2.24, 2.45) is 0 Å². The molecule has 3 rings (SSSR count). The Hall–Kier alpha value is -2.46. The Bertz CT molecular complexity index is 833. The number of nitrogens with zero attached hydrogens (tertiary/aromatic N) is 2. The van der Waals surface area contributed by atoms with Crippen molar-refractivity contribution in [2.45, 2.75) is 6.42 Å². The summed E-state index contributed by atoms with van der Waals surface area (Å²) in [7, 11) is 0. The van der Waals surface area contributed by atoms with Gasteiger partial charge in [0.05, 0.1) is 11.1 Å². The maximum absolute atomic E-state index is 11.0. The number of fused-ring (bicyclic) bond motifs is 1. The molecule has 0 radical (unpaired) electrons. The Morgan fingerprint density at radius 3 is 2.81 bits per heavy atom. The topological polar surface area (TPSA) is 63.1 Å². The third kappa shape index (κ3) is 2.85. The predicted octanol–water partition coefficient (Wildman–Crippen LogP) is 3.57. The van der Waals surface area contributed by atoms with Gasteiger partial charge in [-0.1, -0.05) is 29.8 Å². The van der Waals surface area contributed by atoms with Gasteiger partial charge >= 0.3 is 5.97 Å². The van der Waals surface area contributed by atoms with Crippen molar-refractivity contribution in [3.8, 4) is 0 Å². The van der Waals surface area contributed by atoms with Crippen LogP contribution in [0.2, 0.25) is 5.15 Å². The number of rotatable bonds is 3. The van der Waals surface area contributed by atoms with E-state index in [-0.39, 0.29) is 5.56 Å². The first-order valence-electron chi connectivity index (χ1n) is 6.36. The number of hydrogen-bond donors (Lipinski definition) is 1. The molecule has 21 heavy (non-hydrogen) atoms. The molecule has 0 saturated carbocycles. The summed E-state index contributed by atoms with van der Waals surface area (Å²) in [6.07, 6.45) is 1.93. The van der Waals surface area contributed by atoms with E-state index in [4.69, 9.17) is 16.7 Å². The summed E-state index contributed by atoms with van der Waals surface area (Å²) in [4.78, 5) is 19.5. The largest absolute Gasteiger partial charge is 0.478 e. The lowest BCUT2D eigenvalue weighted by molar-refractivity contribution is 0.0696. The standard InChI is InChI=1S/C16H11ClN2O2/c17-15-12(7-10-3-1-2-4-14(10)19-15)9-13-8-11(16(20)21)5-6-18-13/h1-8H,9H2,(H,20,21). The zero-order valence-electron chi connectivity index (χ0n) is 11.0. The highest BCUT2D eigenvalue weighted by Gasteiger charge is 2.09. The smallest absolute Gasteiger partial charge is 0.335 e. The van der Waals surface area contributed by atoms with Crippen molar-refractivity contribution in [3.63, 3.8) is 0 Å². The van der Waals surface area contributed by atoms with Gasteiger partial charge in [0.25, 0.3) is 0 Å². The Morgan fingerprint density at radius 2 is 2.00 bits per heavy atom. The normalized spacial score (nSPS) is 10.7. The lowest BCUT2D eigenvalue weighted by Crippen LogP contribution is -2.00. The quantitative estimate of drug-likeness (QED) is 0.751. The number of carboxylic acids is 1. The number of benzene rings is 1. The van der Waals surface area contributed by atoms with E-state index in [0.29, 0.717) is 17.3 Å². The predicted molar refractivity (Wildman–Crippen MR) is 80.8 cm³/mol. The molecule has 0 unspecified atom stereocenters. The van der Waals surface area contributed by atoms with Crippen LogP contribution in [0.4, 0.5) is 0 Å². The SMILES string of the molecule is O=C(O)c1ccnc(Cc2cc3ccccc3nc2Cl)c1. The zero-order valence-corrected chi connectivity index (χ0v) is 11.7. The van der Waals surface area contributed by atoms with Crippen LogP contribution in [-0.4, -0.2) is 21.0 Å². The third-order valence-corrected chi connectivity index (χ3v) is 3.51. The maximum atomic E-state index is 11.0. The number of halogens is 1. The van der Waals surface area contributed by atoms with Crippen molar-refractivity contribution in [2.75, 3.05) is 0 Å². The van der Waals surface area contributed by atoms with Gasteiger partial charge in [0.15, 0.2) is 0 Å². The molecule has 0 saturated heterocycles. The summed E-state index contributed by atoms with van der Waals surface area (Å²) in [5.41, 5.74) is 2.52. The van der Waals surface area contributed by atoms with Gasteiger partial charge in [-0.05, 0) is 29.8 Å². The van der Waals surface area contributed by atoms with Crippen LogP contribution in [0.5, 0.6) is 0 Å². The second kappa shape index (κ2) is 5.50. The van der Waals surface area contributed by atoms with E-state index in [0.717, 1.165) is 16.5 Å². The van der Waals surface area contributed by atoms with E-state index in [2.05, 4.69) is 9.97 Å². The summed E-state index contributed by atoms with van der Waals surface area (Å²) in [5.74, 6) is -0.971. The number of para-hydroxylation sites is 1. The van der Waals surface area contributed by atoms with E-state index < -0.39 is 5.97 Å². The van der Waals surface area contributed by atoms with Crippen molar-refractivity contribution in [1.29, 1.82) is 0 Å². The highest BCUT2D eigenvalue weighted by molar-refractivity contribution is 6.30. The lowest BCUT2D eigenvalue weighted by Gasteiger charge is -2.06. The second-order valence-corrected chi connectivity index (χ2v) is 5.01. The van der Waals surface area contributed by atoms with Crippen LogP contribution < -0.4 is 0 Å². The fourth-order valence-electron chi connectivity index (χ4n) is 2.16. The minimum absolute atomic E-state index is 0.213. The Labute approximate surface area is 126 Å². The molecule has 0 bridgehead atoms. The van der Waals surface area contributed by atoms with Crippen molar-refractivity contribution in [1.82, 2.24) is 9.97 Å². The molecule has 0 atom stereocenters. The summed E-state index contributed by atoms with van der Waals surface area (Å²) in [6.45, 7) is 0. The summed E-state index contributed by atoms with van der Waals surface area (Å²) in [5, 5.41) is 10.4. The van der Waals surface area contributed by atoms with Crippen LogP contribution in [0.25, 0.3) is 10.9 Å².